The molecule has 7 heteroatoms. The molecular weight excluding hydrogens is 418 g/mol. The summed E-state index contributed by atoms with van der Waals surface area (Å²) in [5.74, 6) is 1.39. The molecule has 0 radical (unpaired) electrons. The van der Waals surface area contributed by atoms with Crippen molar-refractivity contribution in [3.05, 3.63) is 59.7 Å². The van der Waals surface area contributed by atoms with Gasteiger partial charge in [-0.2, -0.15) is 5.10 Å². The van der Waals surface area contributed by atoms with Gasteiger partial charge in [0.1, 0.15) is 18.0 Å². The number of likely N-dealkylation sites (N-methyl/N-ethyl adjacent to an activating group) is 1. The number of hydrazone groups is 1. The number of rotatable bonds is 7. The van der Waals surface area contributed by atoms with Crippen molar-refractivity contribution in [3.63, 3.8) is 0 Å². The number of amides is 2. The Morgan fingerprint density at radius 1 is 1.03 bits per heavy atom. The van der Waals surface area contributed by atoms with Crippen LogP contribution in [0.5, 0.6) is 11.5 Å². The SMILES string of the molecule is COc1ccc([C@@H]2CC(c3cccc(OC)c3)=NN2C(=O)CN(C)C(=O)C2CCCC2)cc1. The maximum atomic E-state index is 13.4. The molecule has 0 spiro atoms. The van der Waals surface area contributed by atoms with Crippen molar-refractivity contribution in [2.75, 3.05) is 27.8 Å². The molecule has 0 unspecified atom stereocenters. The number of methoxy groups -OCH3 is 2. The molecule has 7 nitrogen and oxygen atoms in total. The number of ether oxygens (including phenoxy) is 2. The first kappa shape index (κ1) is 22.8. The molecule has 0 N–H and O–H groups in total. The minimum absolute atomic E-state index is 0.0108. The Kier molecular flexibility index (Phi) is 6.96. The van der Waals surface area contributed by atoms with Crippen LogP contribution in [0.2, 0.25) is 0 Å². The lowest BCUT2D eigenvalue weighted by molar-refractivity contribution is -0.142. The lowest BCUT2D eigenvalue weighted by atomic mass is 9.98. The van der Waals surface area contributed by atoms with E-state index in [1.54, 1.807) is 26.2 Å². The molecule has 1 fully saturated rings. The molecule has 33 heavy (non-hydrogen) atoms. The number of carbonyl (C=O) groups is 2. The fourth-order valence-electron chi connectivity index (χ4n) is 4.64. The third-order valence-corrected chi connectivity index (χ3v) is 6.52. The van der Waals surface area contributed by atoms with E-state index in [1.807, 2.05) is 48.5 Å². The zero-order chi connectivity index (χ0) is 23.4. The molecule has 1 aliphatic heterocycles. The molecule has 1 atom stereocenters. The van der Waals surface area contributed by atoms with Crippen LogP contribution in [0, 0.1) is 5.92 Å². The quantitative estimate of drug-likeness (QED) is 0.640. The third kappa shape index (κ3) is 5.02. The van der Waals surface area contributed by atoms with Gasteiger partial charge in [-0.1, -0.05) is 37.1 Å². The number of benzene rings is 2. The average molecular weight is 450 g/mol. The molecule has 1 aliphatic carbocycles. The largest absolute Gasteiger partial charge is 0.497 e. The summed E-state index contributed by atoms with van der Waals surface area (Å²) in [5.41, 5.74) is 2.70. The van der Waals surface area contributed by atoms with Crippen molar-refractivity contribution in [1.29, 1.82) is 0 Å². The van der Waals surface area contributed by atoms with Gasteiger partial charge in [-0.3, -0.25) is 9.59 Å². The topological polar surface area (TPSA) is 71.4 Å². The van der Waals surface area contributed by atoms with Gasteiger partial charge in [-0.05, 0) is 42.7 Å². The molecule has 174 valence electrons. The smallest absolute Gasteiger partial charge is 0.262 e. The van der Waals surface area contributed by atoms with Gasteiger partial charge in [0.2, 0.25) is 5.91 Å². The summed E-state index contributed by atoms with van der Waals surface area (Å²) in [6.07, 6.45) is 4.56. The Bertz CT molecular complexity index is 1030. The highest BCUT2D eigenvalue weighted by atomic mass is 16.5. The van der Waals surface area contributed by atoms with E-state index in [2.05, 4.69) is 0 Å². The van der Waals surface area contributed by atoms with Crippen LogP contribution in [0.3, 0.4) is 0 Å². The number of carbonyl (C=O) groups excluding carboxylic acids is 2. The van der Waals surface area contributed by atoms with E-state index in [9.17, 15) is 9.59 Å². The first-order valence-electron chi connectivity index (χ1n) is 11.4. The van der Waals surface area contributed by atoms with E-state index < -0.39 is 0 Å². The molecule has 1 heterocycles. The monoisotopic (exact) mass is 449 g/mol. The minimum atomic E-state index is -0.250. The lowest BCUT2D eigenvalue weighted by Gasteiger charge is -2.26. The highest BCUT2D eigenvalue weighted by molar-refractivity contribution is 6.03. The van der Waals surface area contributed by atoms with Crippen LogP contribution in [-0.4, -0.2) is 55.2 Å². The van der Waals surface area contributed by atoms with Crippen molar-refractivity contribution in [3.8, 4) is 11.5 Å². The number of nitrogens with zero attached hydrogens (tertiary/aromatic N) is 3. The highest BCUT2D eigenvalue weighted by Gasteiger charge is 2.35. The Morgan fingerprint density at radius 2 is 1.73 bits per heavy atom. The van der Waals surface area contributed by atoms with Crippen LogP contribution in [0.4, 0.5) is 0 Å². The Labute approximate surface area is 195 Å². The van der Waals surface area contributed by atoms with Crippen LogP contribution in [0.1, 0.15) is 49.3 Å². The van der Waals surface area contributed by atoms with Gasteiger partial charge >= 0.3 is 0 Å². The van der Waals surface area contributed by atoms with Crippen LogP contribution >= 0.6 is 0 Å². The molecule has 2 aromatic rings. The first-order chi connectivity index (χ1) is 16.0. The van der Waals surface area contributed by atoms with E-state index >= 15 is 0 Å². The summed E-state index contributed by atoms with van der Waals surface area (Å²) >= 11 is 0. The maximum absolute atomic E-state index is 13.4. The Hall–Kier alpha value is -3.35. The lowest BCUT2D eigenvalue weighted by Crippen LogP contribution is -2.41. The maximum Gasteiger partial charge on any atom is 0.262 e. The van der Waals surface area contributed by atoms with E-state index in [1.165, 1.54) is 5.01 Å². The molecule has 2 aliphatic rings. The first-order valence-corrected chi connectivity index (χ1v) is 11.4. The van der Waals surface area contributed by atoms with Crippen molar-refractivity contribution in [2.45, 2.75) is 38.1 Å². The van der Waals surface area contributed by atoms with E-state index in [-0.39, 0.29) is 30.3 Å². The summed E-state index contributed by atoms with van der Waals surface area (Å²) < 4.78 is 10.6. The van der Waals surface area contributed by atoms with Crippen molar-refractivity contribution in [2.24, 2.45) is 11.0 Å². The predicted octanol–water partition coefficient (Wildman–Crippen LogP) is 4.03. The molecule has 0 aromatic heterocycles. The predicted molar refractivity (Wildman–Crippen MR) is 126 cm³/mol. The zero-order valence-corrected chi connectivity index (χ0v) is 19.5. The second-order valence-corrected chi connectivity index (χ2v) is 8.69. The molecule has 4 rings (SSSR count). The molecular formula is C26H31N3O4. The summed E-state index contributed by atoms with van der Waals surface area (Å²) in [5, 5.41) is 6.26. The van der Waals surface area contributed by atoms with E-state index in [0.717, 1.165) is 54.0 Å². The fraction of sp³-hybridized carbons (Fsp3) is 0.423. The molecule has 2 aromatic carbocycles. The summed E-state index contributed by atoms with van der Waals surface area (Å²) in [7, 11) is 4.97. The second kappa shape index (κ2) is 10.1. The van der Waals surface area contributed by atoms with Gasteiger partial charge in [0.05, 0.1) is 26.0 Å². The third-order valence-electron chi connectivity index (χ3n) is 6.52. The Morgan fingerprint density at radius 3 is 2.39 bits per heavy atom. The normalized spacial score (nSPS) is 18.2. The highest BCUT2D eigenvalue weighted by Crippen LogP contribution is 2.34. The second-order valence-electron chi connectivity index (χ2n) is 8.69. The summed E-state index contributed by atoms with van der Waals surface area (Å²) in [4.78, 5) is 27.7. The molecule has 1 saturated carbocycles. The van der Waals surface area contributed by atoms with E-state index in [0.29, 0.717) is 6.42 Å². The zero-order valence-electron chi connectivity index (χ0n) is 19.5. The van der Waals surface area contributed by atoms with Gasteiger partial charge in [-0.25, -0.2) is 5.01 Å². The van der Waals surface area contributed by atoms with Gasteiger partial charge in [0.25, 0.3) is 5.91 Å². The van der Waals surface area contributed by atoms with Crippen molar-refractivity contribution >= 4 is 17.5 Å². The number of hydrogen-bond acceptors (Lipinski definition) is 5. The minimum Gasteiger partial charge on any atom is -0.497 e. The van der Waals surface area contributed by atoms with Crippen LogP contribution in [0.25, 0.3) is 0 Å². The molecule has 0 saturated heterocycles. The summed E-state index contributed by atoms with van der Waals surface area (Å²) in [6.45, 7) is 0.0108. The van der Waals surface area contributed by atoms with Crippen molar-refractivity contribution in [1.82, 2.24) is 9.91 Å². The van der Waals surface area contributed by atoms with Crippen LogP contribution < -0.4 is 9.47 Å². The van der Waals surface area contributed by atoms with E-state index in [4.69, 9.17) is 14.6 Å². The van der Waals surface area contributed by atoms with Crippen molar-refractivity contribution < 1.29 is 19.1 Å². The van der Waals surface area contributed by atoms with Gasteiger partial charge in [0.15, 0.2) is 0 Å². The fourth-order valence-corrected chi connectivity index (χ4v) is 4.64. The molecule has 2 amide bonds. The summed E-state index contributed by atoms with van der Waals surface area (Å²) in [6, 6.07) is 15.1. The van der Waals surface area contributed by atoms with Gasteiger partial charge in [0, 0.05) is 24.9 Å². The number of hydrogen-bond donors (Lipinski definition) is 0. The standard InChI is InChI=1S/C26H31N3O4/c1-28(26(31)19-7-4-5-8-19)17-25(30)29-24(18-11-13-21(32-2)14-12-18)16-23(27-29)20-9-6-10-22(15-20)33-3/h6,9-15,19,24H,4-5,7-8,16-17H2,1-3H3/t24-/m0/s1. The average Bonchev–Trinajstić information content (AvgIpc) is 3.54. The van der Waals surface area contributed by atoms with Crippen LogP contribution in [0.15, 0.2) is 53.6 Å². The van der Waals surface area contributed by atoms with Gasteiger partial charge < -0.3 is 14.4 Å². The molecule has 0 bridgehead atoms. The van der Waals surface area contributed by atoms with Crippen LogP contribution in [-0.2, 0) is 9.59 Å². The Balaban J connectivity index is 1.58. The van der Waals surface area contributed by atoms with Gasteiger partial charge in [-0.15, -0.1) is 0 Å².